The molecule has 1 atom stereocenters. The minimum Gasteiger partial charge on any atom is -0.454 e. The lowest BCUT2D eigenvalue weighted by Crippen LogP contribution is -2.56. The van der Waals surface area contributed by atoms with Gasteiger partial charge in [0, 0.05) is 12.2 Å². The molecule has 6 nitrogen and oxygen atoms in total. The predicted molar refractivity (Wildman–Crippen MR) is 111 cm³/mol. The number of hydrogen-bond donors (Lipinski definition) is 1. The lowest BCUT2D eigenvalue weighted by atomic mass is 9.49. The zero-order valence-corrected chi connectivity index (χ0v) is 17.6. The largest absolute Gasteiger partial charge is 0.454 e. The van der Waals surface area contributed by atoms with Gasteiger partial charge in [0.15, 0.2) is 6.61 Å². The van der Waals surface area contributed by atoms with Crippen molar-refractivity contribution in [3.05, 3.63) is 30.1 Å². The SMILES string of the molecule is O=C(COC(=O)[C@H]1CCCN1C(=O)C12CC3CC(CC(C3)C1)C2)Nc1cccc(F)c1. The first-order valence-corrected chi connectivity index (χ1v) is 11.4. The number of benzene rings is 1. The number of hydrogen-bond acceptors (Lipinski definition) is 4. The second-order valence-electron chi connectivity index (χ2n) is 10.0. The van der Waals surface area contributed by atoms with Gasteiger partial charge in [-0.2, -0.15) is 0 Å². The van der Waals surface area contributed by atoms with Gasteiger partial charge in [0.25, 0.3) is 5.91 Å². The van der Waals surface area contributed by atoms with Gasteiger partial charge < -0.3 is 15.0 Å². The van der Waals surface area contributed by atoms with Crippen LogP contribution in [0.15, 0.2) is 24.3 Å². The Kier molecular flexibility index (Phi) is 5.22. The second kappa shape index (κ2) is 7.92. The number of ether oxygens (including phenoxy) is 1. The topological polar surface area (TPSA) is 75.7 Å². The second-order valence-corrected chi connectivity index (χ2v) is 10.0. The summed E-state index contributed by atoms with van der Waals surface area (Å²) >= 11 is 0. The van der Waals surface area contributed by atoms with Crippen LogP contribution in [0.2, 0.25) is 0 Å². The molecule has 0 radical (unpaired) electrons. The van der Waals surface area contributed by atoms with E-state index in [2.05, 4.69) is 5.32 Å². The van der Waals surface area contributed by atoms with Gasteiger partial charge in [0.1, 0.15) is 11.9 Å². The number of nitrogens with zero attached hydrogens (tertiary/aromatic N) is 1. The highest BCUT2D eigenvalue weighted by Gasteiger charge is 2.57. The van der Waals surface area contributed by atoms with Crippen LogP contribution in [0.5, 0.6) is 0 Å². The molecular formula is C24H29FN2O4. The quantitative estimate of drug-likeness (QED) is 0.729. The molecule has 1 N–H and O–H groups in total. The van der Waals surface area contributed by atoms with Crippen LogP contribution in [0.3, 0.4) is 0 Å². The number of anilines is 1. The van der Waals surface area contributed by atoms with E-state index in [-0.39, 0.29) is 11.3 Å². The highest BCUT2D eigenvalue weighted by atomic mass is 19.1. The van der Waals surface area contributed by atoms with E-state index in [1.807, 2.05) is 0 Å². The maximum absolute atomic E-state index is 13.6. The van der Waals surface area contributed by atoms with Crippen molar-refractivity contribution in [3.8, 4) is 0 Å². The molecule has 7 heteroatoms. The Bertz CT molecular complexity index is 866. The molecule has 1 aromatic rings. The molecule has 2 amide bonds. The molecule has 0 spiro atoms. The van der Waals surface area contributed by atoms with Gasteiger partial charge >= 0.3 is 5.97 Å². The Morgan fingerprint density at radius 1 is 1.10 bits per heavy atom. The number of nitrogens with one attached hydrogen (secondary N) is 1. The van der Waals surface area contributed by atoms with Crippen molar-refractivity contribution in [1.82, 2.24) is 4.90 Å². The number of rotatable bonds is 5. The Balaban J connectivity index is 1.19. The highest BCUT2D eigenvalue weighted by molar-refractivity contribution is 5.94. The molecule has 1 heterocycles. The average molecular weight is 429 g/mol. The normalized spacial score (nSPS) is 33.4. The van der Waals surface area contributed by atoms with Crippen LogP contribution >= 0.6 is 0 Å². The summed E-state index contributed by atoms with van der Waals surface area (Å²) in [4.78, 5) is 40.2. The summed E-state index contributed by atoms with van der Waals surface area (Å²) in [5, 5.41) is 2.51. The monoisotopic (exact) mass is 428 g/mol. The van der Waals surface area contributed by atoms with Crippen LogP contribution in [-0.4, -0.2) is 41.9 Å². The summed E-state index contributed by atoms with van der Waals surface area (Å²) in [5.41, 5.74) is 0.0207. The molecule has 5 fully saturated rings. The molecule has 1 aromatic carbocycles. The van der Waals surface area contributed by atoms with Gasteiger partial charge in [-0.3, -0.25) is 9.59 Å². The molecule has 4 aliphatic carbocycles. The van der Waals surface area contributed by atoms with E-state index in [0.29, 0.717) is 36.4 Å². The summed E-state index contributed by atoms with van der Waals surface area (Å²) < 4.78 is 18.5. The molecule has 4 bridgehead atoms. The molecule has 5 aliphatic rings. The first-order valence-electron chi connectivity index (χ1n) is 11.4. The third-order valence-electron chi connectivity index (χ3n) is 7.73. The number of esters is 1. The van der Waals surface area contributed by atoms with Crippen LogP contribution in [0.25, 0.3) is 0 Å². The Labute approximate surface area is 181 Å². The first kappa shape index (κ1) is 20.5. The van der Waals surface area contributed by atoms with Gasteiger partial charge in [0.2, 0.25) is 5.91 Å². The van der Waals surface area contributed by atoms with E-state index in [0.717, 1.165) is 25.7 Å². The summed E-state index contributed by atoms with van der Waals surface area (Å²) in [6.45, 7) is 0.126. The predicted octanol–water partition coefficient (Wildman–Crippen LogP) is 3.51. The standard InChI is InChI=1S/C24H29FN2O4/c25-18-3-1-4-19(10-18)26-21(28)14-31-22(29)20-5-2-6-27(20)23(30)24-11-15-7-16(12-24)9-17(8-15)13-24/h1,3-4,10,15-17,20H,2,5-9,11-14H2,(H,26,28)/t15?,16?,17?,20-,24?/m1/s1. The Morgan fingerprint density at radius 2 is 1.77 bits per heavy atom. The fourth-order valence-corrected chi connectivity index (χ4v) is 6.93. The molecule has 4 saturated carbocycles. The van der Waals surface area contributed by atoms with Gasteiger partial charge in [-0.15, -0.1) is 0 Å². The lowest BCUT2D eigenvalue weighted by molar-refractivity contribution is -0.165. The van der Waals surface area contributed by atoms with E-state index >= 15 is 0 Å². The smallest absolute Gasteiger partial charge is 0.329 e. The van der Waals surface area contributed by atoms with Crippen LogP contribution in [0.4, 0.5) is 10.1 Å². The van der Waals surface area contributed by atoms with Crippen LogP contribution in [0, 0.1) is 29.0 Å². The van der Waals surface area contributed by atoms with Crippen molar-refractivity contribution in [2.24, 2.45) is 23.2 Å². The van der Waals surface area contributed by atoms with E-state index in [1.54, 1.807) is 11.0 Å². The zero-order valence-electron chi connectivity index (χ0n) is 17.6. The van der Waals surface area contributed by atoms with E-state index in [4.69, 9.17) is 4.74 Å². The van der Waals surface area contributed by atoms with Crippen LogP contribution in [-0.2, 0) is 19.1 Å². The molecular weight excluding hydrogens is 399 g/mol. The maximum atomic E-state index is 13.6. The molecule has 1 aliphatic heterocycles. The van der Waals surface area contributed by atoms with Crippen LogP contribution < -0.4 is 5.32 Å². The molecule has 1 saturated heterocycles. The minimum atomic E-state index is -0.609. The molecule has 31 heavy (non-hydrogen) atoms. The van der Waals surface area contributed by atoms with Crippen molar-refractivity contribution < 1.29 is 23.5 Å². The van der Waals surface area contributed by atoms with E-state index in [9.17, 15) is 18.8 Å². The van der Waals surface area contributed by atoms with E-state index in [1.165, 1.54) is 37.5 Å². The van der Waals surface area contributed by atoms with Crippen LogP contribution in [0.1, 0.15) is 51.4 Å². The van der Waals surface area contributed by atoms with E-state index < -0.39 is 30.3 Å². The van der Waals surface area contributed by atoms with Gasteiger partial charge in [-0.05, 0) is 87.3 Å². The zero-order chi connectivity index (χ0) is 21.6. The Morgan fingerprint density at radius 3 is 2.42 bits per heavy atom. The summed E-state index contributed by atoms with van der Waals surface area (Å²) in [7, 11) is 0. The lowest BCUT2D eigenvalue weighted by Gasteiger charge is -2.56. The number of halogens is 1. The number of carbonyl (C=O) groups excluding carboxylic acids is 3. The number of likely N-dealkylation sites (tertiary alicyclic amines) is 1. The highest BCUT2D eigenvalue weighted by Crippen LogP contribution is 2.60. The van der Waals surface area contributed by atoms with Gasteiger partial charge in [0.05, 0.1) is 5.41 Å². The summed E-state index contributed by atoms with van der Waals surface area (Å²) in [6.07, 6.45) is 8.02. The molecule has 0 aromatic heterocycles. The molecule has 166 valence electrons. The number of amides is 2. The third-order valence-corrected chi connectivity index (χ3v) is 7.73. The van der Waals surface area contributed by atoms with Crippen molar-refractivity contribution in [3.63, 3.8) is 0 Å². The first-order chi connectivity index (χ1) is 14.9. The fraction of sp³-hybridized carbons (Fsp3) is 0.625. The van der Waals surface area contributed by atoms with Crippen molar-refractivity contribution >= 4 is 23.5 Å². The average Bonchev–Trinajstić information content (AvgIpc) is 3.20. The van der Waals surface area contributed by atoms with Gasteiger partial charge in [-0.25, -0.2) is 9.18 Å². The van der Waals surface area contributed by atoms with Crippen molar-refractivity contribution in [2.75, 3.05) is 18.5 Å². The van der Waals surface area contributed by atoms with Crippen molar-refractivity contribution in [1.29, 1.82) is 0 Å². The minimum absolute atomic E-state index is 0.135. The maximum Gasteiger partial charge on any atom is 0.329 e. The fourth-order valence-electron chi connectivity index (χ4n) is 6.93. The summed E-state index contributed by atoms with van der Waals surface area (Å²) in [6, 6.07) is 4.92. The van der Waals surface area contributed by atoms with Gasteiger partial charge in [-0.1, -0.05) is 6.07 Å². The third kappa shape index (κ3) is 3.94. The molecule has 6 rings (SSSR count). The molecule has 0 unspecified atom stereocenters. The van der Waals surface area contributed by atoms with Crippen molar-refractivity contribution in [2.45, 2.75) is 57.4 Å². The number of carbonyl (C=O) groups is 3. The summed E-state index contributed by atoms with van der Waals surface area (Å²) in [5.74, 6) is 0.606. The Hall–Kier alpha value is -2.44.